The molecule has 2 atom stereocenters. The molecule has 1 aromatic carbocycles. The normalized spacial score (nSPS) is 14.9. The summed E-state index contributed by atoms with van der Waals surface area (Å²) < 4.78 is 22.6. The summed E-state index contributed by atoms with van der Waals surface area (Å²) in [5.74, 6) is 0.775. The number of hydrogen-bond donors (Lipinski definition) is 2. The first-order valence-electron chi connectivity index (χ1n) is 6.43. The maximum absolute atomic E-state index is 11.3. The molecule has 0 amide bonds. The van der Waals surface area contributed by atoms with Gasteiger partial charge >= 0.3 is 0 Å². The number of rotatable bonds is 5. The van der Waals surface area contributed by atoms with Crippen molar-refractivity contribution in [2.45, 2.75) is 31.3 Å². The highest BCUT2D eigenvalue weighted by Crippen LogP contribution is 2.31. The average Bonchev–Trinajstić information content (AvgIpc) is 2.89. The van der Waals surface area contributed by atoms with E-state index in [0.29, 0.717) is 11.7 Å². The van der Waals surface area contributed by atoms with Gasteiger partial charge in [-0.25, -0.2) is 18.5 Å². The van der Waals surface area contributed by atoms with Crippen molar-refractivity contribution in [3.63, 3.8) is 0 Å². The molecule has 0 spiro atoms. The van der Waals surface area contributed by atoms with Crippen molar-refractivity contribution in [1.82, 2.24) is 15.2 Å². The molecule has 0 radical (unpaired) electrons. The lowest BCUT2D eigenvalue weighted by Gasteiger charge is -2.20. The summed E-state index contributed by atoms with van der Waals surface area (Å²) in [5, 5.41) is 11.1. The number of nitrogens with zero attached hydrogens (tertiary/aromatic N) is 2. The summed E-state index contributed by atoms with van der Waals surface area (Å²) >= 11 is 0. The average molecular weight is 294 g/mol. The van der Waals surface area contributed by atoms with Gasteiger partial charge < -0.3 is 0 Å². The van der Waals surface area contributed by atoms with Crippen LogP contribution < -0.4 is 5.14 Å². The van der Waals surface area contributed by atoms with Gasteiger partial charge in [0.25, 0.3) is 15.2 Å². The Morgan fingerprint density at radius 3 is 2.45 bits per heavy atom. The third-order valence-electron chi connectivity index (χ3n) is 3.40. The Bertz CT molecular complexity index is 667. The van der Waals surface area contributed by atoms with E-state index in [9.17, 15) is 8.42 Å². The van der Waals surface area contributed by atoms with Crippen molar-refractivity contribution in [2.24, 2.45) is 11.1 Å². The second kappa shape index (κ2) is 5.72. The van der Waals surface area contributed by atoms with Crippen molar-refractivity contribution in [3.05, 3.63) is 41.7 Å². The van der Waals surface area contributed by atoms with Gasteiger partial charge in [0.15, 0.2) is 0 Å². The van der Waals surface area contributed by atoms with Gasteiger partial charge in [0.05, 0.1) is 0 Å². The number of primary sulfonamides is 1. The topological polar surface area (TPSA) is 102 Å². The predicted octanol–water partition coefficient (Wildman–Crippen LogP) is 1.63. The van der Waals surface area contributed by atoms with Crippen LogP contribution in [-0.2, 0) is 10.0 Å². The van der Waals surface area contributed by atoms with E-state index >= 15 is 0 Å². The molecule has 0 aliphatic rings. The maximum Gasteiger partial charge on any atom is 0.282 e. The minimum absolute atomic E-state index is 0.0378. The van der Waals surface area contributed by atoms with Gasteiger partial charge in [-0.05, 0) is 11.5 Å². The predicted molar refractivity (Wildman–Crippen MR) is 75.5 cm³/mol. The van der Waals surface area contributed by atoms with Crippen LogP contribution in [0.5, 0.6) is 0 Å². The Morgan fingerprint density at radius 2 is 1.95 bits per heavy atom. The molecule has 0 bridgehead atoms. The molecule has 108 valence electrons. The molecule has 0 saturated carbocycles. The number of H-pyrrole nitrogens is 1. The first kappa shape index (κ1) is 14.7. The molecule has 0 aliphatic carbocycles. The zero-order valence-electron chi connectivity index (χ0n) is 11.4. The number of aromatic amines is 1. The highest BCUT2D eigenvalue weighted by atomic mass is 32.2. The smallest absolute Gasteiger partial charge is 0.261 e. The Balaban J connectivity index is 2.45. The largest absolute Gasteiger partial charge is 0.282 e. The van der Waals surface area contributed by atoms with Crippen LogP contribution in [0, 0.1) is 5.92 Å². The highest BCUT2D eigenvalue weighted by molar-refractivity contribution is 7.89. The number of nitrogens with one attached hydrogen (secondary N) is 1. The lowest BCUT2D eigenvalue weighted by atomic mass is 9.85. The second-order valence-corrected chi connectivity index (χ2v) is 6.28. The lowest BCUT2D eigenvalue weighted by molar-refractivity contribution is 0.479. The molecule has 2 rings (SSSR count). The zero-order valence-corrected chi connectivity index (χ0v) is 12.3. The van der Waals surface area contributed by atoms with E-state index in [2.05, 4.69) is 29.0 Å². The van der Waals surface area contributed by atoms with Crippen LogP contribution in [0.2, 0.25) is 0 Å². The van der Waals surface area contributed by atoms with E-state index in [1.165, 1.54) is 0 Å². The first-order chi connectivity index (χ1) is 9.43. The summed E-state index contributed by atoms with van der Waals surface area (Å²) in [5.41, 5.74) is 1.07. The third-order valence-corrected chi connectivity index (χ3v) is 4.09. The van der Waals surface area contributed by atoms with Crippen molar-refractivity contribution >= 4 is 10.0 Å². The van der Waals surface area contributed by atoms with Crippen molar-refractivity contribution in [3.8, 4) is 0 Å². The summed E-state index contributed by atoms with van der Waals surface area (Å²) in [7, 11) is -3.88. The Hall–Kier alpha value is -1.73. The van der Waals surface area contributed by atoms with Crippen molar-refractivity contribution in [1.29, 1.82) is 0 Å². The second-order valence-electron chi connectivity index (χ2n) is 4.82. The molecule has 1 aromatic heterocycles. The van der Waals surface area contributed by atoms with E-state index in [1.54, 1.807) is 0 Å². The zero-order chi connectivity index (χ0) is 14.8. The van der Waals surface area contributed by atoms with Crippen LogP contribution in [0.15, 0.2) is 35.5 Å². The fourth-order valence-corrected chi connectivity index (χ4v) is 2.57. The number of aromatic nitrogens is 3. The van der Waals surface area contributed by atoms with Gasteiger partial charge in [0.1, 0.15) is 5.82 Å². The van der Waals surface area contributed by atoms with Crippen LogP contribution in [0.3, 0.4) is 0 Å². The molecular formula is C13H18N4O2S. The summed E-state index contributed by atoms with van der Waals surface area (Å²) in [6.45, 7) is 4.17. The molecule has 7 heteroatoms. The van der Waals surface area contributed by atoms with Gasteiger partial charge in [-0.15, -0.1) is 5.10 Å². The minimum Gasteiger partial charge on any atom is -0.261 e. The van der Waals surface area contributed by atoms with Gasteiger partial charge in [0, 0.05) is 5.92 Å². The minimum atomic E-state index is -3.88. The molecule has 20 heavy (non-hydrogen) atoms. The Labute approximate surface area is 118 Å². The third kappa shape index (κ3) is 3.05. The van der Waals surface area contributed by atoms with E-state index in [-0.39, 0.29) is 11.1 Å². The van der Waals surface area contributed by atoms with E-state index < -0.39 is 10.0 Å². The van der Waals surface area contributed by atoms with Gasteiger partial charge in [0.2, 0.25) is 0 Å². The van der Waals surface area contributed by atoms with Gasteiger partial charge in [-0.2, -0.15) is 0 Å². The molecule has 3 N–H and O–H groups in total. The number of sulfonamides is 1. The van der Waals surface area contributed by atoms with Crippen molar-refractivity contribution < 1.29 is 8.42 Å². The van der Waals surface area contributed by atoms with Crippen LogP contribution in [0.25, 0.3) is 0 Å². The van der Waals surface area contributed by atoms with Crippen LogP contribution in [-0.4, -0.2) is 23.6 Å². The maximum atomic E-state index is 11.3. The molecule has 6 nitrogen and oxygen atoms in total. The van der Waals surface area contributed by atoms with Crippen LogP contribution >= 0.6 is 0 Å². The standard InChI is InChI=1S/C13H18N4O2S/c1-3-9(2)11(10-7-5-4-6-8-10)12-15-13(17-16-12)20(14,18)19/h4-9,11H,3H2,1-2H3,(H2,14,18,19)(H,15,16,17). The first-order valence-corrected chi connectivity index (χ1v) is 7.98. The molecule has 0 aliphatic heterocycles. The number of nitrogens with two attached hydrogens (primary N) is 1. The van der Waals surface area contributed by atoms with Crippen molar-refractivity contribution in [2.75, 3.05) is 0 Å². The molecule has 2 aromatic rings. The fourth-order valence-electron chi connectivity index (χ4n) is 2.18. The van der Waals surface area contributed by atoms with Gasteiger partial charge in [-0.3, -0.25) is 5.10 Å². The SMILES string of the molecule is CCC(C)C(c1ccccc1)c1nc(S(N)(=O)=O)n[nH]1. The number of hydrogen-bond acceptors (Lipinski definition) is 4. The Kier molecular flexibility index (Phi) is 4.20. The lowest BCUT2D eigenvalue weighted by Crippen LogP contribution is -2.15. The molecule has 1 heterocycles. The summed E-state index contributed by atoms with van der Waals surface area (Å²) in [6.07, 6.45) is 0.935. The monoisotopic (exact) mass is 294 g/mol. The molecule has 0 saturated heterocycles. The number of benzene rings is 1. The van der Waals surface area contributed by atoms with Crippen LogP contribution in [0.1, 0.15) is 37.6 Å². The quantitative estimate of drug-likeness (QED) is 0.875. The highest BCUT2D eigenvalue weighted by Gasteiger charge is 2.25. The summed E-state index contributed by atoms with van der Waals surface area (Å²) in [4.78, 5) is 4.05. The fraction of sp³-hybridized carbons (Fsp3) is 0.385. The van der Waals surface area contributed by atoms with Gasteiger partial charge in [-0.1, -0.05) is 50.6 Å². The Morgan fingerprint density at radius 1 is 1.30 bits per heavy atom. The van der Waals surface area contributed by atoms with E-state index in [0.717, 1.165) is 12.0 Å². The summed E-state index contributed by atoms with van der Waals surface area (Å²) in [6, 6.07) is 9.82. The van der Waals surface area contributed by atoms with E-state index in [1.807, 2.05) is 30.3 Å². The van der Waals surface area contributed by atoms with E-state index in [4.69, 9.17) is 5.14 Å². The molecule has 2 unspecified atom stereocenters. The van der Waals surface area contributed by atoms with Crippen LogP contribution in [0.4, 0.5) is 0 Å². The molecular weight excluding hydrogens is 276 g/mol. The molecule has 0 fully saturated rings.